The van der Waals surface area contributed by atoms with E-state index in [1.807, 2.05) is 0 Å². The monoisotopic (exact) mass is 298 g/mol. The first-order valence-corrected chi connectivity index (χ1v) is 7.56. The lowest BCUT2D eigenvalue weighted by molar-refractivity contribution is -0.127. The highest BCUT2D eigenvalue weighted by molar-refractivity contribution is 7.89. The molecule has 0 saturated carbocycles. The van der Waals surface area contributed by atoms with Gasteiger partial charge in [-0.15, -0.1) is 0 Å². The van der Waals surface area contributed by atoms with Gasteiger partial charge >= 0.3 is 0 Å². The molecule has 1 aromatic rings. The molecule has 0 atom stereocenters. The Labute approximate surface area is 117 Å². The van der Waals surface area contributed by atoms with Crippen molar-refractivity contribution in [3.05, 3.63) is 42.7 Å². The second-order valence-corrected chi connectivity index (χ2v) is 6.33. The number of amides is 1. The largest absolute Gasteiger partial charge is 0.337 e. The van der Waals surface area contributed by atoms with Crippen LogP contribution in [0, 0.1) is 5.82 Å². The summed E-state index contributed by atoms with van der Waals surface area (Å²) in [6.07, 6.45) is 1.21. The van der Waals surface area contributed by atoms with E-state index < -0.39 is 15.8 Å². The van der Waals surface area contributed by atoms with E-state index in [1.54, 1.807) is 0 Å². The van der Waals surface area contributed by atoms with Gasteiger partial charge in [-0.2, -0.15) is 4.31 Å². The Morgan fingerprint density at radius 1 is 1.25 bits per heavy atom. The first-order valence-electron chi connectivity index (χ1n) is 6.12. The number of nitrogens with zero attached hydrogens (tertiary/aromatic N) is 2. The molecular weight excluding hydrogens is 283 g/mol. The second-order valence-electron chi connectivity index (χ2n) is 4.39. The first-order chi connectivity index (χ1) is 9.45. The zero-order valence-electron chi connectivity index (χ0n) is 10.8. The summed E-state index contributed by atoms with van der Waals surface area (Å²) in [5.74, 6) is -0.806. The number of benzene rings is 1. The second kappa shape index (κ2) is 5.72. The van der Waals surface area contributed by atoms with Crippen molar-refractivity contribution in [3.8, 4) is 0 Å². The summed E-state index contributed by atoms with van der Waals surface area (Å²) in [5, 5.41) is 0. The summed E-state index contributed by atoms with van der Waals surface area (Å²) >= 11 is 0. The van der Waals surface area contributed by atoms with Gasteiger partial charge in [-0.05, 0) is 24.3 Å². The molecule has 7 heteroatoms. The van der Waals surface area contributed by atoms with Crippen molar-refractivity contribution in [2.24, 2.45) is 0 Å². The molecule has 20 heavy (non-hydrogen) atoms. The topological polar surface area (TPSA) is 57.7 Å². The maximum atomic E-state index is 13.1. The van der Waals surface area contributed by atoms with Gasteiger partial charge in [0.25, 0.3) is 0 Å². The Morgan fingerprint density at radius 3 is 2.45 bits per heavy atom. The molecule has 1 aromatic carbocycles. The zero-order valence-corrected chi connectivity index (χ0v) is 11.6. The van der Waals surface area contributed by atoms with Gasteiger partial charge in [0.15, 0.2) is 0 Å². The van der Waals surface area contributed by atoms with Crippen LogP contribution in [0.15, 0.2) is 41.8 Å². The lowest BCUT2D eigenvalue weighted by Gasteiger charge is -2.33. The molecule has 1 amide bonds. The van der Waals surface area contributed by atoms with Crippen LogP contribution in [0.1, 0.15) is 0 Å². The van der Waals surface area contributed by atoms with Crippen molar-refractivity contribution in [3.63, 3.8) is 0 Å². The van der Waals surface area contributed by atoms with Gasteiger partial charge in [-0.3, -0.25) is 4.79 Å². The molecule has 0 radical (unpaired) electrons. The third-order valence-electron chi connectivity index (χ3n) is 3.16. The Balaban J connectivity index is 2.13. The average Bonchev–Trinajstić information content (AvgIpc) is 2.46. The highest BCUT2D eigenvalue weighted by Gasteiger charge is 2.29. The molecule has 1 fully saturated rings. The molecule has 0 N–H and O–H groups in total. The number of carbonyl (C=O) groups is 1. The van der Waals surface area contributed by atoms with E-state index in [0.29, 0.717) is 13.1 Å². The van der Waals surface area contributed by atoms with E-state index in [0.717, 1.165) is 6.07 Å². The number of piperazine rings is 1. The molecule has 1 aliphatic heterocycles. The van der Waals surface area contributed by atoms with Crippen LogP contribution in [0.25, 0.3) is 0 Å². The predicted molar refractivity (Wildman–Crippen MR) is 71.9 cm³/mol. The van der Waals surface area contributed by atoms with E-state index in [9.17, 15) is 17.6 Å². The molecule has 1 aliphatic rings. The van der Waals surface area contributed by atoms with Crippen molar-refractivity contribution in [1.29, 1.82) is 0 Å². The molecule has 0 aliphatic carbocycles. The Morgan fingerprint density at radius 2 is 1.90 bits per heavy atom. The number of hydrogen-bond acceptors (Lipinski definition) is 3. The van der Waals surface area contributed by atoms with E-state index in [4.69, 9.17) is 0 Å². The zero-order chi connectivity index (χ0) is 14.8. The van der Waals surface area contributed by atoms with Crippen LogP contribution in [0.4, 0.5) is 4.39 Å². The summed E-state index contributed by atoms with van der Waals surface area (Å²) in [6.45, 7) is 4.39. The quantitative estimate of drug-likeness (QED) is 0.777. The van der Waals surface area contributed by atoms with E-state index in [1.165, 1.54) is 33.5 Å². The van der Waals surface area contributed by atoms with Crippen LogP contribution in [-0.2, 0) is 14.8 Å². The SMILES string of the molecule is C=CC(=O)N1CCN(S(=O)(=O)c2cccc(F)c2)CC1. The Hall–Kier alpha value is -1.73. The summed E-state index contributed by atoms with van der Waals surface area (Å²) < 4.78 is 39.0. The van der Waals surface area contributed by atoms with Gasteiger partial charge in [-0.1, -0.05) is 12.6 Å². The lowest BCUT2D eigenvalue weighted by Crippen LogP contribution is -2.50. The summed E-state index contributed by atoms with van der Waals surface area (Å²) in [6, 6.07) is 4.91. The van der Waals surface area contributed by atoms with Gasteiger partial charge in [-0.25, -0.2) is 12.8 Å². The molecular formula is C13H15FN2O3S. The van der Waals surface area contributed by atoms with E-state index in [-0.39, 0.29) is 23.9 Å². The molecule has 0 bridgehead atoms. The van der Waals surface area contributed by atoms with Gasteiger partial charge in [0, 0.05) is 26.2 Å². The number of halogens is 1. The molecule has 1 saturated heterocycles. The van der Waals surface area contributed by atoms with Crippen molar-refractivity contribution in [1.82, 2.24) is 9.21 Å². The average molecular weight is 298 g/mol. The minimum atomic E-state index is -3.71. The Bertz CT molecular complexity index is 622. The number of rotatable bonds is 3. The van der Waals surface area contributed by atoms with Crippen molar-refractivity contribution < 1.29 is 17.6 Å². The summed E-state index contributed by atoms with van der Waals surface area (Å²) in [5.41, 5.74) is 0. The lowest BCUT2D eigenvalue weighted by atomic mass is 10.3. The molecule has 0 aromatic heterocycles. The van der Waals surface area contributed by atoms with Crippen LogP contribution in [0.3, 0.4) is 0 Å². The van der Waals surface area contributed by atoms with Crippen molar-refractivity contribution >= 4 is 15.9 Å². The van der Waals surface area contributed by atoms with Crippen LogP contribution in [0.5, 0.6) is 0 Å². The van der Waals surface area contributed by atoms with Crippen LogP contribution in [0.2, 0.25) is 0 Å². The minimum absolute atomic E-state index is 0.0685. The maximum Gasteiger partial charge on any atom is 0.246 e. The normalized spacial score (nSPS) is 16.9. The Kier molecular flexibility index (Phi) is 4.20. The number of carbonyl (C=O) groups excluding carboxylic acids is 1. The van der Waals surface area contributed by atoms with Crippen LogP contribution in [-0.4, -0.2) is 49.7 Å². The fourth-order valence-electron chi connectivity index (χ4n) is 2.05. The van der Waals surface area contributed by atoms with Crippen LogP contribution < -0.4 is 0 Å². The highest BCUT2D eigenvalue weighted by Crippen LogP contribution is 2.18. The standard InChI is InChI=1S/C13H15FN2O3S/c1-2-13(17)15-6-8-16(9-7-15)20(18,19)12-5-3-4-11(14)10-12/h2-5,10H,1,6-9H2. The summed E-state index contributed by atoms with van der Waals surface area (Å²) in [4.78, 5) is 12.9. The fraction of sp³-hybridized carbons (Fsp3) is 0.308. The molecule has 0 unspecified atom stereocenters. The van der Waals surface area contributed by atoms with Crippen molar-refractivity contribution in [2.45, 2.75) is 4.90 Å². The molecule has 2 rings (SSSR count). The summed E-state index contributed by atoms with van der Waals surface area (Å²) in [7, 11) is -3.71. The van der Waals surface area contributed by atoms with E-state index >= 15 is 0 Å². The molecule has 108 valence electrons. The number of sulfonamides is 1. The molecule has 0 spiro atoms. The molecule has 5 nitrogen and oxygen atoms in total. The smallest absolute Gasteiger partial charge is 0.246 e. The minimum Gasteiger partial charge on any atom is -0.337 e. The first kappa shape index (κ1) is 14.7. The highest BCUT2D eigenvalue weighted by atomic mass is 32.2. The number of hydrogen-bond donors (Lipinski definition) is 0. The van der Waals surface area contributed by atoms with Gasteiger partial charge < -0.3 is 4.90 Å². The molecule has 1 heterocycles. The van der Waals surface area contributed by atoms with Crippen LogP contribution >= 0.6 is 0 Å². The third kappa shape index (κ3) is 2.88. The fourth-order valence-corrected chi connectivity index (χ4v) is 3.51. The predicted octanol–water partition coefficient (Wildman–Crippen LogP) is 0.845. The van der Waals surface area contributed by atoms with E-state index in [2.05, 4.69) is 6.58 Å². The maximum absolute atomic E-state index is 13.1. The third-order valence-corrected chi connectivity index (χ3v) is 5.05. The van der Waals surface area contributed by atoms with Gasteiger partial charge in [0.05, 0.1) is 4.90 Å². The van der Waals surface area contributed by atoms with Gasteiger partial charge in [0.2, 0.25) is 15.9 Å². The van der Waals surface area contributed by atoms with Gasteiger partial charge in [0.1, 0.15) is 5.82 Å². The van der Waals surface area contributed by atoms with Crippen molar-refractivity contribution in [2.75, 3.05) is 26.2 Å².